The summed E-state index contributed by atoms with van der Waals surface area (Å²) in [5.74, 6) is 0.190. The third kappa shape index (κ3) is 3.75. The summed E-state index contributed by atoms with van der Waals surface area (Å²) in [6.45, 7) is 1.74. The second kappa shape index (κ2) is 7.86. The highest BCUT2D eigenvalue weighted by Gasteiger charge is 2.26. The summed E-state index contributed by atoms with van der Waals surface area (Å²) < 4.78 is 12.1. The van der Waals surface area contributed by atoms with Crippen molar-refractivity contribution in [2.45, 2.75) is 38.5 Å². The molecule has 120 valence electrons. The van der Waals surface area contributed by atoms with Crippen molar-refractivity contribution in [3.05, 3.63) is 34.4 Å². The molecule has 2 rings (SSSR count). The molecule has 0 unspecified atom stereocenters. The Morgan fingerprint density at radius 1 is 1.32 bits per heavy atom. The van der Waals surface area contributed by atoms with Crippen LogP contribution >= 0.6 is 15.9 Å². The zero-order valence-corrected chi connectivity index (χ0v) is 14.3. The number of carbonyl (C=O) groups excluding carboxylic acids is 2. The van der Waals surface area contributed by atoms with E-state index in [-0.39, 0.29) is 17.0 Å². The van der Waals surface area contributed by atoms with E-state index in [4.69, 9.17) is 0 Å². The van der Waals surface area contributed by atoms with Crippen LogP contribution in [0, 0.1) is 6.92 Å². The van der Waals surface area contributed by atoms with Crippen LogP contribution in [-0.4, -0.2) is 30.2 Å². The quantitative estimate of drug-likeness (QED) is 0.449. The number of nitrogens with one attached hydrogen (secondary N) is 1. The number of ketones is 1. The van der Waals surface area contributed by atoms with Crippen LogP contribution in [0.1, 0.15) is 63.4 Å². The molecule has 0 spiro atoms. The molecular formula is C17H21BrFNO2. The number of halogens is 2. The molecule has 0 aliphatic heterocycles. The van der Waals surface area contributed by atoms with Gasteiger partial charge in [-0.2, -0.15) is 0 Å². The number of hydrogen-bond acceptors (Lipinski definition) is 2. The van der Waals surface area contributed by atoms with Crippen molar-refractivity contribution in [3.63, 3.8) is 0 Å². The predicted molar refractivity (Wildman–Crippen MR) is 88.8 cm³/mol. The van der Waals surface area contributed by atoms with E-state index in [1.165, 1.54) is 6.42 Å². The molecule has 0 atom stereocenters. The molecule has 1 aromatic carbocycles. The predicted octanol–water partition coefficient (Wildman–Crippen LogP) is 3.93. The number of Topliss-reactive ketones (excluding diaryl/α,β-unsaturated/α-hetero) is 1. The first kappa shape index (κ1) is 17.1. The summed E-state index contributed by atoms with van der Waals surface area (Å²) >= 11 is 3.21. The van der Waals surface area contributed by atoms with Crippen LogP contribution in [0.4, 0.5) is 4.39 Å². The average Bonchev–Trinajstić information content (AvgIpc) is 2.45. The van der Waals surface area contributed by atoms with E-state index >= 15 is 0 Å². The maximum absolute atomic E-state index is 12.2. The minimum absolute atomic E-state index is 0.000270. The van der Waals surface area contributed by atoms with Crippen LogP contribution in [0.15, 0.2) is 12.1 Å². The van der Waals surface area contributed by atoms with Gasteiger partial charge in [0.25, 0.3) is 5.91 Å². The molecule has 1 aliphatic rings. The molecule has 1 aromatic rings. The van der Waals surface area contributed by atoms with E-state index in [1.807, 2.05) is 13.0 Å². The maximum atomic E-state index is 12.2. The van der Waals surface area contributed by atoms with Gasteiger partial charge in [-0.05, 0) is 49.3 Å². The number of carbonyl (C=O) groups is 2. The summed E-state index contributed by atoms with van der Waals surface area (Å²) in [4.78, 5) is 24.4. The molecule has 0 bridgehead atoms. The summed E-state index contributed by atoms with van der Waals surface area (Å²) in [6.07, 6.45) is 3.70. The van der Waals surface area contributed by atoms with Gasteiger partial charge in [0.05, 0.1) is 12.0 Å². The van der Waals surface area contributed by atoms with Crippen LogP contribution < -0.4 is 5.32 Å². The molecule has 1 N–H and O–H groups in total. The van der Waals surface area contributed by atoms with Crippen molar-refractivity contribution in [2.24, 2.45) is 0 Å². The minimum atomic E-state index is -0.451. The molecule has 3 nitrogen and oxygen atoms in total. The molecule has 1 aliphatic carbocycles. The van der Waals surface area contributed by atoms with Crippen molar-refractivity contribution in [2.75, 3.05) is 18.5 Å². The maximum Gasteiger partial charge on any atom is 0.251 e. The van der Waals surface area contributed by atoms with Crippen LogP contribution in [0.5, 0.6) is 0 Å². The number of alkyl halides is 2. The van der Waals surface area contributed by atoms with Gasteiger partial charge in [0.1, 0.15) is 0 Å². The first-order valence-electron chi connectivity index (χ1n) is 7.66. The van der Waals surface area contributed by atoms with Gasteiger partial charge in [-0.25, -0.2) is 0 Å². The largest absolute Gasteiger partial charge is 0.352 e. The van der Waals surface area contributed by atoms with Crippen molar-refractivity contribution >= 4 is 27.6 Å². The zero-order valence-electron chi connectivity index (χ0n) is 12.8. The molecule has 0 saturated heterocycles. The van der Waals surface area contributed by atoms with Crippen LogP contribution in [0.25, 0.3) is 0 Å². The van der Waals surface area contributed by atoms with E-state index in [0.29, 0.717) is 30.0 Å². The first-order chi connectivity index (χ1) is 10.6. The summed E-state index contributed by atoms with van der Waals surface area (Å²) in [7, 11) is 0. The van der Waals surface area contributed by atoms with Gasteiger partial charge in [-0.15, -0.1) is 0 Å². The fourth-order valence-electron chi connectivity index (χ4n) is 2.71. The first-order valence-corrected chi connectivity index (χ1v) is 8.78. The molecule has 1 amide bonds. The van der Waals surface area contributed by atoms with Crippen LogP contribution in [0.3, 0.4) is 0 Å². The number of rotatable bonds is 7. The third-order valence-corrected chi connectivity index (χ3v) is 4.71. The highest BCUT2D eigenvalue weighted by Crippen LogP contribution is 2.39. The minimum Gasteiger partial charge on any atom is -0.352 e. The summed E-state index contributed by atoms with van der Waals surface area (Å²) in [6, 6.07) is 3.68. The number of amides is 1. The Morgan fingerprint density at radius 3 is 2.59 bits per heavy atom. The molecular weight excluding hydrogens is 349 g/mol. The van der Waals surface area contributed by atoms with E-state index in [9.17, 15) is 14.0 Å². The van der Waals surface area contributed by atoms with Crippen molar-refractivity contribution in [3.8, 4) is 0 Å². The Labute approximate surface area is 138 Å². The lowest BCUT2D eigenvalue weighted by Crippen LogP contribution is -2.26. The van der Waals surface area contributed by atoms with E-state index in [0.717, 1.165) is 24.0 Å². The molecule has 0 radical (unpaired) electrons. The highest BCUT2D eigenvalue weighted by molar-refractivity contribution is 9.09. The normalized spacial score (nSPS) is 14.5. The van der Waals surface area contributed by atoms with Gasteiger partial charge in [0.2, 0.25) is 0 Å². The second-order valence-electron chi connectivity index (χ2n) is 5.74. The van der Waals surface area contributed by atoms with Crippen LogP contribution in [-0.2, 0) is 0 Å². The Bertz CT molecular complexity index is 570. The molecule has 5 heteroatoms. The van der Waals surface area contributed by atoms with E-state index in [1.54, 1.807) is 6.07 Å². The lowest BCUT2D eigenvalue weighted by molar-refractivity contribution is 0.0952. The van der Waals surface area contributed by atoms with Crippen LogP contribution in [0.2, 0.25) is 0 Å². The molecule has 1 saturated carbocycles. The van der Waals surface area contributed by atoms with Crippen molar-refractivity contribution < 1.29 is 14.0 Å². The Morgan fingerprint density at radius 2 is 2.05 bits per heavy atom. The highest BCUT2D eigenvalue weighted by atomic mass is 79.9. The van der Waals surface area contributed by atoms with Gasteiger partial charge in [-0.1, -0.05) is 28.4 Å². The van der Waals surface area contributed by atoms with Gasteiger partial charge in [-0.3, -0.25) is 14.0 Å². The molecule has 0 heterocycles. The monoisotopic (exact) mass is 369 g/mol. The third-order valence-electron chi connectivity index (χ3n) is 4.20. The van der Waals surface area contributed by atoms with E-state index < -0.39 is 6.67 Å². The summed E-state index contributed by atoms with van der Waals surface area (Å²) in [5, 5.41) is 2.95. The summed E-state index contributed by atoms with van der Waals surface area (Å²) in [5.41, 5.74) is 3.08. The topological polar surface area (TPSA) is 46.2 Å². The lowest BCUT2D eigenvalue weighted by atomic mass is 9.76. The van der Waals surface area contributed by atoms with Gasteiger partial charge < -0.3 is 5.32 Å². The van der Waals surface area contributed by atoms with Gasteiger partial charge in [0, 0.05) is 17.7 Å². The average molecular weight is 370 g/mol. The fourth-order valence-corrected chi connectivity index (χ4v) is 3.01. The smallest absolute Gasteiger partial charge is 0.251 e. The molecule has 22 heavy (non-hydrogen) atoms. The number of hydrogen-bond donors (Lipinski definition) is 1. The Balaban J connectivity index is 2.30. The zero-order chi connectivity index (χ0) is 16.1. The van der Waals surface area contributed by atoms with Crippen molar-refractivity contribution in [1.82, 2.24) is 5.32 Å². The van der Waals surface area contributed by atoms with Gasteiger partial charge >= 0.3 is 0 Å². The lowest BCUT2D eigenvalue weighted by Gasteiger charge is -2.28. The SMILES string of the molecule is Cc1cc(C2CCC2)c(C(=O)CBr)cc1C(=O)NCCCF. The Hall–Kier alpha value is -1.23. The Kier molecular flexibility index (Phi) is 6.12. The van der Waals surface area contributed by atoms with Crippen molar-refractivity contribution in [1.29, 1.82) is 0 Å². The number of benzene rings is 1. The van der Waals surface area contributed by atoms with Gasteiger partial charge in [0.15, 0.2) is 5.78 Å². The van der Waals surface area contributed by atoms with E-state index in [2.05, 4.69) is 21.2 Å². The standard InChI is InChI=1S/C17H21BrFNO2/c1-11-8-14(12-4-2-5-12)15(16(21)10-18)9-13(11)17(22)20-7-3-6-19/h8-9,12H,2-7,10H2,1H3,(H,20,22). The molecule has 1 fully saturated rings. The second-order valence-corrected chi connectivity index (χ2v) is 6.30. The number of aryl methyl sites for hydroxylation is 1. The fraction of sp³-hybridized carbons (Fsp3) is 0.529. The molecule has 0 aromatic heterocycles.